The van der Waals surface area contributed by atoms with Gasteiger partial charge in [-0.05, 0) is 32.7 Å². The van der Waals surface area contributed by atoms with Crippen molar-refractivity contribution in [2.24, 2.45) is 0 Å². The smallest absolute Gasteiger partial charge is 0.321 e. The van der Waals surface area contributed by atoms with Crippen molar-refractivity contribution >= 4 is 15.8 Å². The third kappa shape index (κ3) is 4.57. The first-order chi connectivity index (χ1) is 8.49. The summed E-state index contributed by atoms with van der Waals surface area (Å²) in [5, 5.41) is 2.88. The average molecular weight is 277 g/mol. The van der Waals surface area contributed by atoms with Gasteiger partial charge in [0, 0.05) is 6.04 Å². The molecule has 0 saturated heterocycles. The lowest BCUT2D eigenvalue weighted by Gasteiger charge is -2.29. The van der Waals surface area contributed by atoms with E-state index in [1.54, 1.807) is 6.92 Å². The number of esters is 1. The van der Waals surface area contributed by atoms with Crippen molar-refractivity contribution in [1.29, 1.82) is 0 Å². The molecule has 2 atom stereocenters. The van der Waals surface area contributed by atoms with E-state index in [-0.39, 0.29) is 12.6 Å². The standard InChI is InChI=1S/C12H23NO4S/c1-3-13-10-6-5-7-11(8-10)18(15,16)9-12(14)17-4-2/h10-11,13H,3-9H2,1-2H3. The number of hydrogen-bond acceptors (Lipinski definition) is 5. The Kier molecular flexibility index (Phi) is 6.08. The van der Waals surface area contributed by atoms with Gasteiger partial charge in [0.2, 0.25) is 0 Å². The van der Waals surface area contributed by atoms with Gasteiger partial charge < -0.3 is 10.1 Å². The van der Waals surface area contributed by atoms with E-state index in [0.29, 0.717) is 12.8 Å². The van der Waals surface area contributed by atoms with Crippen LogP contribution in [0.2, 0.25) is 0 Å². The number of sulfone groups is 1. The van der Waals surface area contributed by atoms with Crippen molar-refractivity contribution < 1.29 is 17.9 Å². The number of carbonyl (C=O) groups is 1. The number of nitrogens with one attached hydrogen (secondary N) is 1. The Balaban J connectivity index is 2.58. The Hall–Kier alpha value is -0.620. The molecule has 0 spiro atoms. The first kappa shape index (κ1) is 15.4. The molecule has 0 aromatic carbocycles. The molecule has 18 heavy (non-hydrogen) atoms. The predicted molar refractivity (Wildman–Crippen MR) is 70.1 cm³/mol. The van der Waals surface area contributed by atoms with Crippen LogP contribution < -0.4 is 5.32 Å². The van der Waals surface area contributed by atoms with Crippen LogP contribution in [0.1, 0.15) is 39.5 Å². The van der Waals surface area contributed by atoms with E-state index >= 15 is 0 Å². The summed E-state index contributed by atoms with van der Waals surface area (Å²) in [7, 11) is -3.37. The molecule has 1 rings (SSSR count). The molecule has 0 aromatic heterocycles. The lowest BCUT2D eigenvalue weighted by Crippen LogP contribution is -2.40. The number of rotatable bonds is 6. The van der Waals surface area contributed by atoms with Gasteiger partial charge in [-0.3, -0.25) is 4.79 Å². The maximum atomic E-state index is 12.1. The summed E-state index contributed by atoms with van der Waals surface area (Å²) >= 11 is 0. The lowest BCUT2D eigenvalue weighted by molar-refractivity contribution is -0.139. The molecule has 0 aliphatic heterocycles. The monoisotopic (exact) mass is 277 g/mol. The van der Waals surface area contributed by atoms with Gasteiger partial charge in [0.05, 0.1) is 11.9 Å². The second kappa shape index (κ2) is 7.09. The molecule has 1 aliphatic rings. The average Bonchev–Trinajstić information content (AvgIpc) is 2.29. The molecule has 2 unspecified atom stereocenters. The third-order valence-corrected chi connectivity index (χ3v) is 5.33. The molecule has 0 amide bonds. The topological polar surface area (TPSA) is 72.5 Å². The second-order valence-electron chi connectivity index (χ2n) is 4.66. The molecule has 6 heteroatoms. The molecule has 0 bridgehead atoms. The maximum absolute atomic E-state index is 12.1. The number of ether oxygens (including phenoxy) is 1. The van der Waals surface area contributed by atoms with E-state index in [2.05, 4.69) is 5.32 Å². The molecule has 0 heterocycles. The largest absolute Gasteiger partial charge is 0.465 e. The van der Waals surface area contributed by atoms with Crippen molar-refractivity contribution in [2.75, 3.05) is 18.9 Å². The SMILES string of the molecule is CCNC1CCCC(S(=O)(=O)CC(=O)OCC)C1. The van der Waals surface area contributed by atoms with Gasteiger partial charge in [0.1, 0.15) is 5.75 Å². The Morgan fingerprint density at radius 3 is 2.67 bits per heavy atom. The number of carbonyl (C=O) groups excluding carboxylic acids is 1. The van der Waals surface area contributed by atoms with Crippen LogP contribution in [0.4, 0.5) is 0 Å². The van der Waals surface area contributed by atoms with Gasteiger partial charge in [0.25, 0.3) is 0 Å². The fourth-order valence-corrected chi connectivity index (χ4v) is 4.13. The van der Waals surface area contributed by atoms with Gasteiger partial charge in [-0.1, -0.05) is 13.3 Å². The fourth-order valence-electron chi connectivity index (χ4n) is 2.43. The van der Waals surface area contributed by atoms with Crippen molar-refractivity contribution in [3.8, 4) is 0 Å². The molecule has 106 valence electrons. The van der Waals surface area contributed by atoms with Crippen LogP contribution in [-0.4, -0.2) is 44.6 Å². The fraction of sp³-hybridized carbons (Fsp3) is 0.917. The van der Waals surface area contributed by atoms with Crippen LogP contribution in [0.25, 0.3) is 0 Å². The van der Waals surface area contributed by atoms with Crippen LogP contribution in [0, 0.1) is 0 Å². The van der Waals surface area contributed by atoms with Crippen molar-refractivity contribution in [3.63, 3.8) is 0 Å². The highest BCUT2D eigenvalue weighted by molar-refractivity contribution is 7.92. The summed E-state index contributed by atoms with van der Waals surface area (Å²) in [4.78, 5) is 11.3. The van der Waals surface area contributed by atoms with Gasteiger partial charge in [-0.2, -0.15) is 0 Å². The number of hydrogen-bond donors (Lipinski definition) is 1. The maximum Gasteiger partial charge on any atom is 0.321 e. The minimum Gasteiger partial charge on any atom is -0.465 e. The lowest BCUT2D eigenvalue weighted by atomic mass is 9.95. The Morgan fingerprint density at radius 1 is 1.33 bits per heavy atom. The van der Waals surface area contributed by atoms with Gasteiger partial charge >= 0.3 is 5.97 Å². The molecule has 1 fully saturated rings. The Bertz CT molecular complexity index is 364. The molecule has 0 aromatic rings. The van der Waals surface area contributed by atoms with E-state index in [1.807, 2.05) is 6.92 Å². The van der Waals surface area contributed by atoms with Crippen LogP contribution in [0.15, 0.2) is 0 Å². The second-order valence-corrected chi connectivity index (χ2v) is 6.94. The van der Waals surface area contributed by atoms with Crippen LogP contribution in [0.5, 0.6) is 0 Å². The highest BCUT2D eigenvalue weighted by Gasteiger charge is 2.33. The third-order valence-electron chi connectivity index (χ3n) is 3.25. The molecule has 1 saturated carbocycles. The Labute approximate surface area is 109 Å². The zero-order chi connectivity index (χ0) is 13.6. The normalized spacial score (nSPS) is 24.8. The van der Waals surface area contributed by atoms with Crippen LogP contribution in [-0.2, 0) is 19.4 Å². The van der Waals surface area contributed by atoms with Crippen molar-refractivity contribution in [1.82, 2.24) is 5.32 Å². The summed E-state index contributed by atoms with van der Waals surface area (Å²) in [6.07, 6.45) is 3.17. The molecule has 5 nitrogen and oxygen atoms in total. The van der Waals surface area contributed by atoms with Gasteiger partial charge in [-0.15, -0.1) is 0 Å². The molecular formula is C12H23NO4S. The highest BCUT2D eigenvalue weighted by atomic mass is 32.2. The van der Waals surface area contributed by atoms with Crippen LogP contribution in [0.3, 0.4) is 0 Å². The zero-order valence-corrected chi connectivity index (χ0v) is 12.0. The van der Waals surface area contributed by atoms with E-state index in [1.165, 1.54) is 0 Å². The van der Waals surface area contributed by atoms with Gasteiger partial charge in [-0.25, -0.2) is 8.42 Å². The summed E-state index contributed by atoms with van der Waals surface area (Å²) in [5.41, 5.74) is 0. The van der Waals surface area contributed by atoms with Crippen LogP contribution >= 0.6 is 0 Å². The summed E-state index contributed by atoms with van der Waals surface area (Å²) in [6, 6.07) is 0.255. The predicted octanol–water partition coefficient (Wildman–Crippen LogP) is 0.885. The quantitative estimate of drug-likeness (QED) is 0.730. The molecule has 0 radical (unpaired) electrons. The first-order valence-electron chi connectivity index (χ1n) is 6.60. The van der Waals surface area contributed by atoms with E-state index in [0.717, 1.165) is 19.4 Å². The highest BCUT2D eigenvalue weighted by Crippen LogP contribution is 2.25. The minimum atomic E-state index is -3.37. The van der Waals surface area contributed by atoms with Crippen molar-refractivity contribution in [2.45, 2.75) is 50.8 Å². The van der Waals surface area contributed by atoms with E-state index in [4.69, 9.17) is 4.74 Å². The van der Waals surface area contributed by atoms with Gasteiger partial charge in [0.15, 0.2) is 9.84 Å². The van der Waals surface area contributed by atoms with E-state index < -0.39 is 26.8 Å². The van der Waals surface area contributed by atoms with E-state index in [9.17, 15) is 13.2 Å². The first-order valence-corrected chi connectivity index (χ1v) is 8.31. The minimum absolute atomic E-state index is 0.221. The van der Waals surface area contributed by atoms with Crippen molar-refractivity contribution in [3.05, 3.63) is 0 Å². The molecule has 1 N–H and O–H groups in total. The molecule has 1 aliphatic carbocycles. The summed E-state index contributed by atoms with van der Waals surface area (Å²) in [5.74, 6) is -1.12. The zero-order valence-electron chi connectivity index (χ0n) is 11.1. The molecular weight excluding hydrogens is 254 g/mol. The summed E-state index contributed by atoms with van der Waals surface area (Å²) in [6.45, 7) is 4.75. The Morgan fingerprint density at radius 2 is 2.06 bits per heavy atom. The summed E-state index contributed by atoms with van der Waals surface area (Å²) < 4.78 is 28.9.